The first-order valence-corrected chi connectivity index (χ1v) is 11.7. The third-order valence-electron chi connectivity index (χ3n) is 6.17. The van der Waals surface area contributed by atoms with E-state index in [2.05, 4.69) is 15.6 Å². The van der Waals surface area contributed by atoms with E-state index < -0.39 is 0 Å². The highest BCUT2D eigenvalue weighted by Crippen LogP contribution is 2.27. The molecule has 0 radical (unpaired) electrons. The molecule has 170 valence electrons. The van der Waals surface area contributed by atoms with Crippen molar-refractivity contribution in [3.63, 3.8) is 0 Å². The molecule has 1 aliphatic heterocycles. The van der Waals surface area contributed by atoms with Crippen LogP contribution in [0.1, 0.15) is 51.0 Å². The Balaban J connectivity index is 1.44. The number of carbonyl (C=O) groups excluding carboxylic acids is 2. The normalized spacial score (nSPS) is 19.5. The lowest BCUT2D eigenvalue weighted by molar-refractivity contribution is -0.134. The number of hydrogen-bond acceptors (Lipinski definition) is 3. The average Bonchev–Trinajstić information content (AvgIpc) is 3.46. The number of amides is 2. The number of hydrogen-bond donors (Lipinski definition) is 2. The van der Waals surface area contributed by atoms with Gasteiger partial charge in [-0.25, -0.2) is 0 Å². The van der Waals surface area contributed by atoms with Crippen molar-refractivity contribution in [3.8, 4) is 0 Å². The van der Waals surface area contributed by atoms with Crippen molar-refractivity contribution in [3.05, 3.63) is 35.9 Å². The van der Waals surface area contributed by atoms with E-state index in [-0.39, 0.29) is 17.9 Å². The first kappa shape index (κ1) is 23.1. The lowest BCUT2D eigenvalue weighted by atomic mass is 10.1. The zero-order valence-corrected chi connectivity index (χ0v) is 19.0. The maximum Gasteiger partial charge on any atom is 0.225 e. The van der Waals surface area contributed by atoms with E-state index in [4.69, 9.17) is 0 Å². The highest BCUT2D eigenvalue weighted by Gasteiger charge is 2.32. The average molecular weight is 428 g/mol. The lowest BCUT2D eigenvalue weighted by Gasteiger charge is -2.21. The number of nitrogens with one attached hydrogen (secondary N) is 2. The molecule has 7 heteroatoms. The van der Waals surface area contributed by atoms with E-state index in [9.17, 15) is 9.59 Å². The van der Waals surface area contributed by atoms with E-state index in [1.165, 1.54) is 12.8 Å². The molecule has 3 rings (SSSR count). The van der Waals surface area contributed by atoms with Gasteiger partial charge in [0.05, 0.1) is 6.54 Å². The molecule has 1 unspecified atom stereocenters. The van der Waals surface area contributed by atoms with Gasteiger partial charge in [-0.15, -0.1) is 0 Å². The zero-order chi connectivity index (χ0) is 22.1. The van der Waals surface area contributed by atoms with E-state index >= 15 is 0 Å². The predicted molar refractivity (Wildman–Crippen MR) is 124 cm³/mol. The number of carbonyl (C=O) groups is 2. The van der Waals surface area contributed by atoms with Crippen molar-refractivity contribution in [2.24, 2.45) is 10.9 Å². The first-order chi connectivity index (χ1) is 15.1. The van der Waals surface area contributed by atoms with Crippen LogP contribution < -0.4 is 10.6 Å². The largest absolute Gasteiger partial charge is 0.357 e. The molecule has 0 spiro atoms. The molecule has 0 bridgehead atoms. The fourth-order valence-corrected chi connectivity index (χ4v) is 4.42. The minimum absolute atomic E-state index is 0.0812. The molecule has 0 aromatic heterocycles. The Morgan fingerprint density at radius 1 is 1.16 bits per heavy atom. The van der Waals surface area contributed by atoms with Crippen LogP contribution in [-0.4, -0.2) is 66.8 Å². The lowest BCUT2D eigenvalue weighted by Crippen LogP contribution is -2.45. The summed E-state index contributed by atoms with van der Waals surface area (Å²) in [5, 5.41) is 6.72. The van der Waals surface area contributed by atoms with E-state index in [1.54, 1.807) is 4.90 Å². The molecule has 1 aromatic carbocycles. The molecule has 1 saturated heterocycles. The van der Waals surface area contributed by atoms with Gasteiger partial charge in [-0.05, 0) is 31.7 Å². The first-order valence-electron chi connectivity index (χ1n) is 11.7. The molecule has 1 aliphatic carbocycles. The van der Waals surface area contributed by atoms with Crippen LogP contribution in [0.3, 0.4) is 0 Å². The van der Waals surface area contributed by atoms with Crippen molar-refractivity contribution in [2.45, 2.75) is 58.0 Å². The maximum atomic E-state index is 12.7. The summed E-state index contributed by atoms with van der Waals surface area (Å²) in [5.41, 5.74) is 1.12. The van der Waals surface area contributed by atoms with Gasteiger partial charge in [0.1, 0.15) is 0 Å². The molecule has 2 fully saturated rings. The molecular weight excluding hydrogens is 390 g/mol. The van der Waals surface area contributed by atoms with Gasteiger partial charge in [0.25, 0.3) is 0 Å². The monoisotopic (exact) mass is 427 g/mol. The molecule has 2 aliphatic rings. The number of likely N-dealkylation sites (tertiary alicyclic amines) is 1. The Morgan fingerprint density at radius 2 is 1.90 bits per heavy atom. The van der Waals surface area contributed by atoms with Gasteiger partial charge in [0, 0.05) is 51.6 Å². The van der Waals surface area contributed by atoms with Crippen LogP contribution in [0.15, 0.2) is 35.3 Å². The number of rotatable bonds is 8. The fraction of sp³-hybridized carbons (Fsp3) is 0.625. The van der Waals surface area contributed by atoms with Crippen molar-refractivity contribution >= 4 is 17.8 Å². The molecule has 1 atom stereocenters. The summed E-state index contributed by atoms with van der Waals surface area (Å²) in [4.78, 5) is 33.5. The summed E-state index contributed by atoms with van der Waals surface area (Å²) in [5.74, 6) is 1.37. The Morgan fingerprint density at radius 3 is 2.61 bits per heavy atom. The van der Waals surface area contributed by atoms with Crippen molar-refractivity contribution in [2.75, 3.05) is 33.2 Å². The summed E-state index contributed by atoms with van der Waals surface area (Å²) in [7, 11) is 1.83. The molecule has 2 N–H and O–H groups in total. The number of aliphatic imine (C=N–C) groups is 1. The van der Waals surface area contributed by atoms with Gasteiger partial charge in [-0.2, -0.15) is 0 Å². The Hall–Kier alpha value is -2.57. The van der Waals surface area contributed by atoms with Crippen LogP contribution in [0.4, 0.5) is 0 Å². The highest BCUT2D eigenvalue weighted by atomic mass is 16.2. The predicted octanol–water partition coefficient (Wildman–Crippen LogP) is 2.38. The summed E-state index contributed by atoms with van der Waals surface area (Å²) in [6, 6.07) is 10.2. The second-order valence-electron chi connectivity index (χ2n) is 8.64. The van der Waals surface area contributed by atoms with Gasteiger partial charge < -0.3 is 20.4 Å². The molecule has 7 nitrogen and oxygen atoms in total. The summed E-state index contributed by atoms with van der Waals surface area (Å²) >= 11 is 0. The van der Waals surface area contributed by atoms with Gasteiger partial charge in [0.15, 0.2) is 5.96 Å². The zero-order valence-electron chi connectivity index (χ0n) is 19.0. The number of guanidine groups is 1. The summed E-state index contributed by atoms with van der Waals surface area (Å²) < 4.78 is 0. The van der Waals surface area contributed by atoms with E-state index in [0.717, 1.165) is 50.4 Å². The fourth-order valence-electron chi connectivity index (χ4n) is 4.42. The maximum absolute atomic E-state index is 12.7. The second-order valence-corrected chi connectivity index (χ2v) is 8.64. The topological polar surface area (TPSA) is 77.0 Å². The minimum atomic E-state index is 0.0812. The third kappa shape index (κ3) is 6.97. The molecule has 2 amide bonds. The summed E-state index contributed by atoms with van der Waals surface area (Å²) in [6.45, 7) is 5.37. The second kappa shape index (κ2) is 11.7. The molecule has 31 heavy (non-hydrogen) atoms. The minimum Gasteiger partial charge on any atom is -0.357 e. The number of benzene rings is 1. The molecular formula is C24H37N5O2. The molecule has 1 aromatic rings. The van der Waals surface area contributed by atoms with Gasteiger partial charge in [-0.3, -0.25) is 14.6 Å². The van der Waals surface area contributed by atoms with Crippen molar-refractivity contribution in [1.82, 2.24) is 20.4 Å². The Kier molecular flexibility index (Phi) is 8.74. The van der Waals surface area contributed by atoms with Crippen LogP contribution >= 0.6 is 0 Å². The highest BCUT2D eigenvalue weighted by molar-refractivity contribution is 5.82. The Bertz CT molecular complexity index is 746. The van der Waals surface area contributed by atoms with Crippen LogP contribution in [-0.2, 0) is 16.1 Å². The molecule has 1 heterocycles. The SMILES string of the molecule is CCNC(=NCCC(=O)N(C)Cc1ccccc1)NC1CCN(C(=O)C2CCCC2)C1. The Labute approximate surface area is 186 Å². The standard InChI is InChI=1S/C24H37N5O2/c1-3-25-24(26-15-13-22(30)28(2)17-19-9-5-4-6-10-19)27-21-14-16-29(18-21)23(31)20-11-7-8-12-20/h4-6,9-10,20-21H,3,7-8,11-18H2,1-2H3,(H2,25,26,27). The molecule has 1 saturated carbocycles. The van der Waals surface area contributed by atoms with Crippen molar-refractivity contribution in [1.29, 1.82) is 0 Å². The third-order valence-corrected chi connectivity index (χ3v) is 6.17. The quantitative estimate of drug-likeness (QED) is 0.493. The van der Waals surface area contributed by atoms with Gasteiger partial charge in [-0.1, -0.05) is 43.2 Å². The summed E-state index contributed by atoms with van der Waals surface area (Å²) in [6.07, 6.45) is 5.76. The number of nitrogens with zero attached hydrogens (tertiary/aromatic N) is 3. The van der Waals surface area contributed by atoms with E-state index in [1.807, 2.05) is 49.2 Å². The van der Waals surface area contributed by atoms with Crippen LogP contribution in [0.5, 0.6) is 0 Å². The van der Waals surface area contributed by atoms with Crippen LogP contribution in [0, 0.1) is 5.92 Å². The van der Waals surface area contributed by atoms with Crippen LogP contribution in [0.25, 0.3) is 0 Å². The van der Waals surface area contributed by atoms with E-state index in [0.29, 0.717) is 25.4 Å². The van der Waals surface area contributed by atoms with Gasteiger partial charge >= 0.3 is 0 Å². The van der Waals surface area contributed by atoms with Gasteiger partial charge in [0.2, 0.25) is 11.8 Å². The smallest absolute Gasteiger partial charge is 0.225 e. The van der Waals surface area contributed by atoms with Crippen molar-refractivity contribution < 1.29 is 9.59 Å². The van der Waals surface area contributed by atoms with Crippen LogP contribution in [0.2, 0.25) is 0 Å².